The summed E-state index contributed by atoms with van der Waals surface area (Å²) in [7, 11) is 0. The zero-order valence-corrected chi connectivity index (χ0v) is 13.9. The molecule has 2 aromatic rings. The van der Waals surface area contributed by atoms with Gasteiger partial charge >= 0.3 is 0 Å². The molecule has 21 heavy (non-hydrogen) atoms. The second kappa shape index (κ2) is 7.66. The number of rotatable bonds is 7. The second-order valence-corrected chi connectivity index (χ2v) is 6.73. The van der Waals surface area contributed by atoms with Crippen LogP contribution in [0.2, 0.25) is 0 Å². The van der Waals surface area contributed by atoms with E-state index in [-0.39, 0.29) is 6.04 Å². The van der Waals surface area contributed by atoms with Crippen molar-refractivity contribution in [1.82, 2.24) is 9.78 Å². The standard InChI is InChI=1S/C17H25N3S/c1-4-14(3)20-10-9-16(19-20)11-15(18)12-21-17-7-5-13(2)6-8-17/h5-10,14-15H,4,11-12,18H2,1-3H3. The van der Waals surface area contributed by atoms with E-state index in [2.05, 4.69) is 62.4 Å². The number of nitrogens with zero attached hydrogens (tertiary/aromatic N) is 2. The van der Waals surface area contributed by atoms with Crippen molar-refractivity contribution < 1.29 is 0 Å². The Labute approximate surface area is 131 Å². The van der Waals surface area contributed by atoms with Gasteiger partial charge in [0.05, 0.1) is 5.69 Å². The van der Waals surface area contributed by atoms with Crippen molar-refractivity contribution in [3.05, 3.63) is 47.8 Å². The summed E-state index contributed by atoms with van der Waals surface area (Å²) in [5.41, 5.74) is 8.61. The van der Waals surface area contributed by atoms with Crippen LogP contribution in [0.3, 0.4) is 0 Å². The molecule has 2 rings (SSSR count). The minimum absolute atomic E-state index is 0.136. The molecule has 2 unspecified atom stereocenters. The van der Waals surface area contributed by atoms with Gasteiger partial charge in [0.25, 0.3) is 0 Å². The van der Waals surface area contributed by atoms with Gasteiger partial charge in [0, 0.05) is 35.3 Å². The molecule has 0 fully saturated rings. The first-order valence-electron chi connectivity index (χ1n) is 7.57. The highest BCUT2D eigenvalue weighted by molar-refractivity contribution is 7.99. The van der Waals surface area contributed by atoms with Crippen LogP contribution < -0.4 is 5.73 Å². The van der Waals surface area contributed by atoms with E-state index >= 15 is 0 Å². The van der Waals surface area contributed by atoms with Gasteiger partial charge in [-0.05, 0) is 38.5 Å². The lowest BCUT2D eigenvalue weighted by molar-refractivity contribution is 0.472. The maximum Gasteiger partial charge on any atom is 0.0640 e. The number of aryl methyl sites for hydroxylation is 1. The lowest BCUT2D eigenvalue weighted by Gasteiger charge is -2.11. The van der Waals surface area contributed by atoms with Crippen molar-refractivity contribution in [2.75, 3.05) is 5.75 Å². The van der Waals surface area contributed by atoms with Gasteiger partial charge in [-0.25, -0.2) is 0 Å². The summed E-state index contributed by atoms with van der Waals surface area (Å²) in [5.74, 6) is 0.916. The molecule has 0 aliphatic carbocycles. The Morgan fingerprint density at radius 1 is 1.24 bits per heavy atom. The summed E-state index contributed by atoms with van der Waals surface area (Å²) < 4.78 is 2.04. The molecule has 1 heterocycles. The third-order valence-electron chi connectivity index (χ3n) is 3.66. The Morgan fingerprint density at radius 3 is 2.62 bits per heavy atom. The molecule has 0 aliphatic heterocycles. The van der Waals surface area contributed by atoms with Crippen LogP contribution in [-0.2, 0) is 6.42 Å². The van der Waals surface area contributed by atoms with Gasteiger partial charge in [-0.1, -0.05) is 24.6 Å². The first-order chi connectivity index (χ1) is 10.1. The van der Waals surface area contributed by atoms with E-state index in [0.29, 0.717) is 6.04 Å². The molecular weight excluding hydrogens is 278 g/mol. The van der Waals surface area contributed by atoms with Crippen molar-refractivity contribution in [3.63, 3.8) is 0 Å². The smallest absolute Gasteiger partial charge is 0.0640 e. The van der Waals surface area contributed by atoms with E-state index in [1.165, 1.54) is 10.5 Å². The molecule has 0 spiro atoms. The fourth-order valence-electron chi connectivity index (χ4n) is 2.08. The van der Waals surface area contributed by atoms with Crippen molar-refractivity contribution in [3.8, 4) is 0 Å². The molecule has 1 aromatic carbocycles. The molecule has 4 heteroatoms. The van der Waals surface area contributed by atoms with Crippen LogP contribution in [0.1, 0.15) is 37.6 Å². The molecule has 3 nitrogen and oxygen atoms in total. The summed E-state index contributed by atoms with van der Waals surface area (Å²) in [6.07, 6.45) is 3.99. The van der Waals surface area contributed by atoms with Crippen molar-refractivity contribution in [2.45, 2.75) is 50.6 Å². The highest BCUT2D eigenvalue weighted by Gasteiger charge is 2.09. The van der Waals surface area contributed by atoms with Crippen molar-refractivity contribution in [2.24, 2.45) is 5.73 Å². The topological polar surface area (TPSA) is 43.8 Å². The van der Waals surface area contributed by atoms with E-state index in [1.54, 1.807) is 0 Å². The van der Waals surface area contributed by atoms with E-state index in [9.17, 15) is 0 Å². The maximum atomic E-state index is 6.23. The number of thioether (sulfide) groups is 1. The van der Waals surface area contributed by atoms with Crippen LogP contribution in [0.25, 0.3) is 0 Å². The van der Waals surface area contributed by atoms with Gasteiger partial charge in [-0.2, -0.15) is 5.10 Å². The molecule has 2 atom stereocenters. The monoisotopic (exact) mass is 303 g/mol. The normalized spacial score (nSPS) is 14.1. The Balaban J connectivity index is 1.82. The number of hydrogen-bond donors (Lipinski definition) is 1. The van der Waals surface area contributed by atoms with Crippen LogP contribution in [0.15, 0.2) is 41.4 Å². The van der Waals surface area contributed by atoms with Gasteiger partial charge in [0.2, 0.25) is 0 Å². The average molecular weight is 303 g/mol. The van der Waals surface area contributed by atoms with Gasteiger partial charge in [-0.3, -0.25) is 4.68 Å². The van der Waals surface area contributed by atoms with Crippen LogP contribution in [0, 0.1) is 6.92 Å². The summed E-state index contributed by atoms with van der Waals surface area (Å²) in [6, 6.07) is 11.3. The Hall–Kier alpha value is -1.26. The predicted molar refractivity (Wildman–Crippen MR) is 90.8 cm³/mol. The molecule has 0 saturated heterocycles. The minimum Gasteiger partial charge on any atom is -0.327 e. The van der Waals surface area contributed by atoms with E-state index in [4.69, 9.17) is 5.73 Å². The molecule has 114 valence electrons. The Bertz CT molecular complexity index is 547. The lowest BCUT2D eigenvalue weighted by Crippen LogP contribution is -2.25. The molecule has 2 N–H and O–H groups in total. The quantitative estimate of drug-likeness (QED) is 0.791. The van der Waals surface area contributed by atoms with Gasteiger partial charge in [0.1, 0.15) is 0 Å². The minimum atomic E-state index is 0.136. The van der Waals surface area contributed by atoms with Crippen molar-refractivity contribution >= 4 is 11.8 Å². The highest BCUT2D eigenvalue weighted by atomic mass is 32.2. The molecule has 0 saturated carbocycles. The fraction of sp³-hybridized carbons (Fsp3) is 0.471. The summed E-state index contributed by atoms with van der Waals surface area (Å²) >= 11 is 1.81. The van der Waals surface area contributed by atoms with E-state index in [0.717, 1.165) is 24.3 Å². The Morgan fingerprint density at radius 2 is 1.95 bits per heavy atom. The van der Waals surface area contributed by atoms with Crippen molar-refractivity contribution in [1.29, 1.82) is 0 Å². The third kappa shape index (κ3) is 4.90. The van der Waals surface area contributed by atoms with E-state index in [1.807, 2.05) is 16.4 Å². The average Bonchev–Trinajstić information content (AvgIpc) is 2.94. The largest absolute Gasteiger partial charge is 0.327 e. The molecule has 0 aliphatic rings. The third-order valence-corrected chi connectivity index (χ3v) is 4.86. The number of nitrogens with two attached hydrogens (primary N) is 1. The first-order valence-corrected chi connectivity index (χ1v) is 8.56. The van der Waals surface area contributed by atoms with Crippen LogP contribution >= 0.6 is 11.8 Å². The molecule has 0 radical (unpaired) electrons. The summed E-state index contributed by atoms with van der Waals surface area (Å²) in [5, 5.41) is 4.61. The number of aromatic nitrogens is 2. The zero-order valence-electron chi connectivity index (χ0n) is 13.1. The fourth-order valence-corrected chi connectivity index (χ4v) is 2.94. The number of hydrogen-bond acceptors (Lipinski definition) is 3. The maximum absolute atomic E-state index is 6.23. The Kier molecular flexibility index (Phi) is 5.88. The van der Waals surface area contributed by atoms with Crippen LogP contribution in [0.4, 0.5) is 0 Å². The van der Waals surface area contributed by atoms with Gasteiger partial charge in [-0.15, -0.1) is 11.8 Å². The molecule has 0 amide bonds. The van der Waals surface area contributed by atoms with Gasteiger partial charge < -0.3 is 5.73 Å². The predicted octanol–water partition coefficient (Wildman–Crippen LogP) is 3.82. The molecular formula is C17H25N3S. The summed E-state index contributed by atoms with van der Waals surface area (Å²) in [4.78, 5) is 1.28. The SMILES string of the molecule is CCC(C)n1ccc(CC(N)CSc2ccc(C)cc2)n1. The van der Waals surface area contributed by atoms with Gasteiger partial charge in [0.15, 0.2) is 0 Å². The highest BCUT2D eigenvalue weighted by Crippen LogP contribution is 2.19. The first kappa shape index (κ1) is 16.1. The second-order valence-electron chi connectivity index (χ2n) is 5.63. The molecule has 0 bridgehead atoms. The lowest BCUT2D eigenvalue weighted by atomic mass is 10.2. The van der Waals surface area contributed by atoms with Crippen LogP contribution in [0.5, 0.6) is 0 Å². The van der Waals surface area contributed by atoms with E-state index < -0.39 is 0 Å². The van der Waals surface area contributed by atoms with Crippen LogP contribution in [-0.4, -0.2) is 21.6 Å². The summed E-state index contributed by atoms with van der Waals surface area (Å²) in [6.45, 7) is 6.47. The zero-order chi connectivity index (χ0) is 15.2. The molecule has 1 aromatic heterocycles. The number of benzene rings is 1.